The quantitative estimate of drug-likeness (QED) is 0.768. The highest BCUT2D eigenvalue weighted by Gasteiger charge is 2.39. The molecule has 106 valence electrons. The van der Waals surface area contributed by atoms with Crippen LogP contribution in [0.2, 0.25) is 0 Å². The summed E-state index contributed by atoms with van der Waals surface area (Å²) in [6.45, 7) is 9.73. The van der Waals surface area contributed by atoms with Gasteiger partial charge in [-0.2, -0.15) is 0 Å². The minimum atomic E-state index is -0.998. The number of hydrogen-bond donors (Lipinski definition) is 1. The van der Waals surface area contributed by atoms with Crippen LogP contribution in [0.1, 0.15) is 34.6 Å². The van der Waals surface area contributed by atoms with Gasteiger partial charge >= 0.3 is 6.09 Å². The number of nitrogens with zero attached hydrogens (tertiary/aromatic N) is 1. The molecule has 0 aliphatic carbocycles. The van der Waals surface area contributed by atoms with Crippen molar-refractivity contribution in [1.29, 1.82) is 0 Å². The zero-order chi connectivity index (χ0) is 14.8. The van der Waals surface area contributed by atoms with Crippen LogP contribution >= 0.6 is 0 Å². The molecule has 0 aromatic rings. The summed E-state index contributed by atoms with van der Waals surface area (Å²) in [4.78, 5) is 25.5. The van der Waals surface area contributed by atoms with Gasteiger partial charge in [-0.05, 0) is 34.6 Å². The summed E-state index contributed by atoms with van der Waals surface area (Å²) in [5.41, 5.74) is -1.59. The molecule has 0 radical (unpaired) electrons. The second kappa shape index (κ2) is 5.12. The lowest BCUT2D eigenvalue weighted by Crippen LogP contribution is -2.61. The molecule has 0 atom stereocenters. The Morgan fingerprint density at radius 1 is 1.26 bits per heavy atom. The molecule has 1 N–H and O–H groups in total. The number of ether oxygens (including phenoxy) is 1. The lowest BCUT2D eigenvalue weighted by molar-refractivity contribution is -0.142. The van der Waals surface area contributed by atoms with Crippen molar-refractivity contribution in [3.8, 4) is 12.3 Å². The molecule has 0 aromatic carbocycles. The van der Waals surface area contributed by atoms with Crippen LogP contribution < -0.4 is 5.32 Å². The van der Waals surface area contributed by atoms with Gasteiger partial charge in [0.05, 0.1) is 5.92 Å². The monoisotopic (exact) mass is 266 g/mol. The van der Waals surface area contributed by atoms with Gasteiger partial charge in [0.15, 0.2) is 0 Å². The molecule has 1 aliphatic heterocycles. The molecule has 0 bridgehead atoms. The van der Waals surface area contributed by atoms with E-state index >= 15 is 0 Å². The number of nitrogens with one attached hydrogen (secondary N) is 1. The van der Waals surface area contributed by atoms with E-state index in [2.05, 4.69) is 11.2 Å². The molecule has 1 rings (SSSR count). The highest BCUT2D eigenvalue weighted by molar-refractivity contribution is 5.89. The molecule has 0 saturated carbocycles. The second-order valence-electron chi connectivity index (χ2n) is 6.33. The molecule has 0 spiro atoms. The molecule has 0 aromatic heterocycles. The molecule has 1 saturated heterocycles. The van der Waals surface area contributed by atoms with Gasteiger partial charge in [-0.25, -0.2) is 4.79 Å². The molecular formula is C14H22N2O3. The summed E-state index contributed by atoms with van der Waals surface area (Å²) in [5, 5.41) is 2.59. The first kappa shape index (κ1) is 15.4. The van der Waals surface area contributed by atoms with Gasteiger partial charge in [0.1, 0.15) is 11.1 Å². The minimum Gasteiger partial charge on any atom is -0.444 e. The van der Waals surface area contributed by atoms with Gasteiger partial charge in [-0.1, -0.05) is 5.92 Å². The van der Waals surface area contributed by atoms with Gasteiger partial charge in [-0.15, -0.1) is 6.42 Å². The van der Waals surface area contributed by atoms with Gasteiger partial charge in [0, 0.05) is 13.1 Å². The lowest BCUT2D eigenvalue weighted by Gasteiger charge is -2.41. The molecule has 0 unspecified atom stereocenters. The molecule has 1 aliphatic rings. The lowest BCUT2D eigenvalue weighted by atomic mass is 9.96. The predicted octanol–water partition coefficient (Wildman–Crippen LogP) is 1.38. The summed E-state index contributed by atoms with van der Waals surface area (Å²) < 4.78 is 5.14. The Balaban J connectivity index is 2.54. The Hall–Kier alpha value is -1.70. The number of rotatable bonds is 2. The maximum atomic E-state index is 12.2. The average Bonchev–Trinajstić information content (AvgIpc) is 2.11. The van der Waals surface area contributed by atoms with Crippen LogP contribution in [0, 0.1) is 18.3 Å². The Morgan fingerprint density at radius 2 is 1.79 bits per heavy atom. The maximum Gasteiger partial charge on any atom is 0.408 e. The van der Waals surface area contributed by atoms with Gasteiger partial charge in [0.2, 0.25) is 5.91 Å². The number of alkyl carbamates (subject to hydrolysis) is 1. The van der Waals surface area contributed by atoms with Crippen LogP contribution in [0.4, 0.5) is 4.79 Å². The Labute approximate surface area is 114 Å². The minimum absolute atomic E-state index is 0.126. The van der Waals surface area contributed by atoms with Crippen molar-refractivity contribution in [2.75, 3.05) is 13.1 Å². The Morgan fingerprint density at radius 3 is 2.21 bits per heavy atom. The first-order valence-corrected chi connectivity index (χ1v) is 6.32. The summed E-state index contributed by atoms with van der Waals surface area (Å²) >= 11 is 0. The van der Waals surface area contributed by atoms with Crippen LogP contribution in [0.3, 0.4) is 0 Å². The molecule has 19 heavy (non-hydrogen) atoms. The second-order valence-corrected chi connectivity index (χ2v) is 6.33. The summed E-state index contributed by atoms with van der Waals surface area (Å²) in [6, 6.07) is 0. The van der Waals surface area contributed by atoms with Crippen molar-refractivity contribution in [2.45, 2.75) is 45.8 Å². The van der Waals surface area contributed by atoms with E-state index in [1.54, 1.807) is 39.5 Å². The third kappa shape index (κ3) is 4.16. The van der Waals surface area contributed by atoms with Crippen LogP contribution in [0.15, 0.2) is 0 Å². The smallest absolute Gasteiger partial charge is 0.408 e. The third-order valence-electron chi connectivity index (χ3n) is 2.75. The molecule has 1 fully saturated rings. The van der Waals surface area contributed by atoms with Gasteiger partial charge in [0.25, 0.3) is 0 Å². The number of amides is 2. The molecule has 5 nitrogen and oxygen atoms in total. The zero-order valence-corrected chi connectivity index (χ0v) is 12.2. The first-order valence-electron chi connectivity index (χ1n) is 6.32. The van der Waals surface area contributed by atoms with Gasteiger partial charge < -0.3 is 15.0 Å². The largest absolute Gasteiger partial charge is 0.444 e. The van der Waals surface area contributed by atoms with Crippen molar-refractivity contribution in [2.24, 2.45) is 5.92 Å². The molecule has 1 heterocycles. The third-order valence-corrected chi connectivity index (χ3v) is 2.75. The fourth-order valence-electron chi connectivity index (χ4n) is 1.76. The van der Waals surface area contributed by atoms with Crippen molar-refractivity contribution in [3.05, 3.63) is 0 Å². The van der Waals surface area contributed by atoms with E-state index in [4.69, 9.17) is 11.2 Å². The van der Waals surface area contributed by atoms with Crippen molar-refractivity contribution < 1.29 is 14.3 Å². The zero-order valence-electron chi connectivity index (χ0n) is 12.2. The number of carbonyl (C=O) groups excluding carboxylic acids is 2. The van der Waals surface area contributed by atoms with Crippen LogP contribution in [-0.4, -0.2) is 41.1 Å². The average molecular weight is 266 g/mol. The van der Waals surface area contributed by atoms with E-state index in [-0.39, 0.29) is 11.8 Å². The Kier molecular flexibility index (Phi) is 4.14. The topological polar surface area (TPSA) is 58.6 Å². The summed E-state index contributed by atoms with van der Waals surface area (Å²) in [6.07, 6.45) is 4.68. The van der Waals surface area contributed by atoms with E-state index in [1.807, 2.05) is 0 Å². The normalized spacial score (nSPS) is 16.3. The summed E-state index contributed by atoms with van der Waals surface area (Å²) in [5.74, 6) is 2.58. The number of likely N-dealkylation sites (tertiary alicyclic amines) is 1. The maximum absolute atomic E-state index is 12.2. The van der Waals surface area contributed by atoms with Gasteiger partial charge in [-0.3, -0.25) is 4.79 Å². The van der Waals surface area contributed by atoms with E-state index in [9.17, 15) is 9.59 Å². The molecular weight excluding hydrogens is 244 g/mol. The van der Waals surface area contributed by atoms with E-state index in [0.29, 0.717) is 13.1 Å². The SMILES string of the molecule is C#CC1CN(C(=O)C(C)(C)NC(=O)OC(C)(C)C)C1. The van der Waals surface area contributed by atoms with E-state index in [1.165, 1.54) is 0 Å². The highest BCUT2D eigenvalue weighted by atomic mass is 16.6. The van der Waals surface area contributed by atoms with Crippen LogP contribution in [0.5, 0.6) is 0 Å². The fourth-order valence-corrected chi connectivity index (χ4v) is 1.76. The number of hydrogen-bond acceptors (Lipinski definition) is 3. The van der Waals surface area contributed by atoms with Crippen molar-refractivity contribution in [1.82, 2.24) is 10.2 Å². The fraction of sp³-hybridized carbons (Fsp3) is 0.714. The first-order chi connectivity index (χ1) is 8.55. The van der Waals surface area contributed by atoms with Crippen LogP contribution in [0.25, 0.3) is 0 Å². The number of terminal acetylenes is 1. The van der Waals surface area contributed by atoms with E-state index in [0.717, 1.165) is 0 Å². The standard InChI is InChI=1S/C14H22N2O3/c1-7-10-8-16(9-10)11(17)14(5,6)15-12(18)19-13(2,3)4/h1,10H,8-9H2,2-6H3,(H,15,18). The predicted molar refractivity (Wildman–Crippen MR) is 72.4 cm³/mol. The highest BCUT2D eigenvalue weighted by Crippen LogP contribution is 2.19. The summed E-state index contributed by atoms with van der Waals surface area (Å²) in [7, 11) is 0. The number of carbonyl (C=O) groups is 2. The van der Waals surface area contributed by atoms with Crippen LogP contribution in [-0.2, 0) is 9.53 Å². The molecule has 2 amide bonds. The van der Waals surface area contributed by atoms with Crippen molar-refractivity contribution in [3.63, 3.8) is 0 Å². The van der Waals surface area contributed by atoms with E-state index < -0.39 is 17.2 Å². The Bertz CT molecular complexity index is 409. The van der Waals surface area contributed by atoms with Crippen molar-refractivity contribution >= 4 is 12.0 Å². The molecule has 5 heteroatoms.